The summed E-state index contributed by atoms with van der Waals surface area (Å²) in [6.45, 7) is 0.325. The molecule has 0 bridgehead atoms. The number of carbonyl (C=O) groups excluding carboxylic acids is 1. The van der Waals surface area contributed by atoms with E-state index in [1.807, 2.05) is 24.3 Å². The van der Waals surface area contributed by atoms with Crippen LogP contribution in [-0.2, 0) is 16.1 Å². The fourth-order valence-electron chi connectivity index (χ4n) is 1.76. The van der Waals surface area contributed by atoms with E-state index < -0.39 is 5.97 Å². The van der Waals surface area contributed by atoms with Gasteiger partial charge in [0, 0.05) is 21.7 Å². The SMILES string of the molecule is COC(=O)/C=C/c1ccc(OCc2ccc(Cl)cc2Cl)c(Br)c1. The highest BCUT2D eigenvalue weighted by molar-refractivity contribution is 9.10. The summed E-state index contributed by atoms with van der Waals surface area (Å²) in [5, 5.41) is 1.15. The third-order valence-corrected chi connectivity index (χ3v) is 4.17. The Morgan fingerprint density at radius 3 is 2.65 bits per heavy atom. The van der Waals surface area contributed by atoms with E-state index in [1.54, 1.807) is 18.2 Å². The molecule has 0 spiro atoms. The molecule has 0 atom stereocenters. The van der Waals surface area contributed by atoms with Crippen molar-refractivity contribution in [3.05, 3.63) is 68.1 Å². The van der Waals surface area contributed by atoms with Crippen molar-refractivity contribution in [1.29, 1.82) is 0 Å². The van der Waals surface area contributed by atoms with Gasteiger partial charge in [-0.3, -0.25) is 0 Å². The summed E-state index contributed by atoms with van der Waals surface area (Å²) in [7, 11) is 1.33. The van der Waals surface area contributed by atoms with Crippen molar-refractivity contribution in [2.24, 2.45) is 0 Å². The summed E-state index contributed by atoms with van der Waals surface area (Å²) in [4.78, 5) is 11.1. The van der Waals surface area contributed by atoms with E-state index in [0.717, 1.165) is 15.6 Å². The molecule has 0 amide bonds. The topological polar surface area (TPSA) is 35.5 Å². The third kappa shape index (κ3) is 5.27. The van der Waals surface area contributed by atoms with Gasteiger partial charge in [0.1, 0.15) is 12.4 Å². The Morgan fingerprint density at radius 2 is 2.00 bits per heavy atom. The Labute approximate surface area is 152 Å². The molecule has 0 heterocycles. The first-order valence-electron chi connectivity index (χ1n) is 6.62. The molecule has 0 radical (unpaired) electrons. The molecule has 2 rings (SSSR count). The van der Waals surface area contributed by atoms with E-state index in [1.165, 1.54) is 13.2 Å². The molecular weight excluding hydrogens is 403 g/mol. The van der Waals surface area contributed by atoms with Gasteiger partial charge in [0.2, 0.25) is 0 Å². The van der Waals surface area contributed by atoms with Crippen molar-refractivity contribution in [2.45, 2.75) is 6.61 Å². The molecule has 3 nitrogen and oxygen atoms in total. The van der Waals surface area contributed by atoms with E-state index in [2.05, 4.69) is 20.7 Å². The average Bonchev–Trinajstić information content (AvgIpc) is 2.53. The van der Waals surface area contributed by atoms with Crippen molar-refractivity contribution >= 4 is 51.2 Å². The van der Waals surface area contributed by atoms with Gasteiger partial charge in [-0.25, -0.2) is 4.79 Å². The molecule has 2 aromatic rings. The molecule has 6 heteroatoms. The van der Waals surface area contributed by atoms with Crippen LogP contribution in [0.3, 0.4) is 0 Å². The Kier molecular flexibility index (Phi) is 6.51. The largest absolute Gasteiger partial charge is 0.488 e. The number of esters is 1. The predicted octanol–water partition coefficient (Wildman–Crippen LogP) is 5.52. The molecule has 0 aromatic heterocycles. The molecular formula is C17H13BrCl2O3. The Hall–Kier alpha value is -1.49. The first kappa shape index (κ1) is 17.9. The van der Waals surface area contributed by atoms with Crippen LogP contribution in [0.4, 0.5) is 0 Å². The lowest BCUT2D eigenvalue weighted by atomic mass is 10.2. The van der Waals surface area contributed by atoms with E-state index in [0.29, 0.717) is 22.4 Å². The second kappa shape index (κ2) is 8.39. The highest BCUT2D eigenvalue weighted by atomic mass is 79.9. The zero-order valence-corrected chi connectivity index (χ0v) is 15.3. The Balaban J connectivity index is 2.06. The molecule has 0 unspecified atom stereocenters. The zero-order valence-electron chi connectivity index (χ0n) is 12.2. The molecule has 0 aliphatic carbocycles. The monoisotopic (exact) mass is 414 g/mol. The molecule has 0 aliphatic heterocycles. The summed E-state index contributed by atoms with van der Waals surface area (Å²) in [5.41, 5.74) is 1.69. The lowest BCUT2D eigenvalue weighted by molar-refractivity contribution is -0.134. The number of hydrogen-bond donors (Lipinski definition) is 0. The lowest BCUT2D eigenvalue weighted by Gasteiger charge is -2.10. The van der Waals surface area contributed by atoms with Crippen LogP contribution in [-0.4, -0.2) is 13.1 Å². The van der Waals surface area contributed by atoms with Crippen molar-refractivity contribution in [3.8, 4) is 5.75 Å². The summed E-state index contributed by atoms with van der Waals surface area (Å²) in [6, 6.07) is 10.8. The van der Waals surface area contributed by atoms with Gasteiger partial charge in [0.25, 0.3) is 0 Å². The van der Waals surface area contributed by atoms with Gasteiger partial charge in [0.05, 0.1) is 11.6 Å². The molecule has 0 aliphatic rings. The maximum absolute atomic E-state index is 11.1. The van der Waals surface area contributed by atoms with Crippen LogP contribution in [0.5, 0.6) is 5.75 Å². The third-order valence-electron chi connectivity index (χ3n) is 2.97. The van der Waals surface area contributed by atoms with Gasteiger partial charge in [-0.1, -0.05) is 35.3 Å². The van der Waals surface area contributed by atoms with Crippen LogP contribution in [0.25, 0.3) is 6.08 Å². The van der Waals surface area contributed by atoms with Crippen LogP contribution in [0, 0.1) is 0 Å². The summed E-state index contributed by atoms with van der Waals surface area (Å²) in [6.07, 6.45) is 3.02. The predicted molar refractivity (Wildman–Crippen MR) is 96.0 cm³/mol. The molecule has 2 aromatic carbocycles. The van der Waals surface area contributed by atoms with Gasteiger partial charge < -0.3 is 9.47 Å². The highest BCUT2D eigenvalue weighted by Gasteiger charge is 2.06. The van der Waals surface area contributed by atoms with Gasteiger partial charge in [-0.15, -0.1) is 0 Å². The molecule has 0 saturated heterocycles. The average molecular weight is 416 g/mol. The minimum atomic E-state index is -0.404. The second-order valence-corrected chi connectivity index (χ2v) is 6.27. The van der Waals surface area contributed by atoms with E-state index in [9.17, 15) is 4.79 Å². The van der Waals surface area contributed by atoms with Gasteiger partial charge in [-0.2, -0.15) is 0 Å². The number of ether oxygens (including phenoxy) is 2. The summed E-state index contributed by atoms with van der Waals surface area (Å²) >= 11 is 15.4. The van der Waals surface area contributed by atoms with Crippen LogP contribution >= 0.6 is 39.1 Å². The maximum Gasteiger partial charge on any atom is 0.330 e. The van der Waals surface area contributed by atoms with Gasteiger partial charge >= 0.3 is 5.97 Å². The van der Waals surface area contributed by atoms with Crippen LogP contribution in [0.15, 0.2) is 46.9 Å². The van der Waals surface area contributed by atoms with E-state index in [-0.39, 0.29) is 0 Å². The molecule has 23 heavy (non-hydrogen) atoms. The van der Waals surface area contributed by atoms with E-state index >= 15 is 0 Å². The summed E-state index contributed by atoms with van der Waals surface area (Å²) < 4.78 is 11.1. The van der Waals surface area contributed by atoms with E-state index in [4.69, 9.17) is 27.9 Å². The smallest absolute Gasteiger partial charge is 0.330 e. The number of hydrogen-bond acceptors (Lipinski definition) is 3. The molecule has 0 fully saturated rings. The minimum Gasteiger partial charge on any atom is -0.488 e. The maximum atomic E-state index is 11.1. The van der Waals surface area contributed by atoms with Crippen LogP contribution in [0.1, 0.15) is 11.1 Å². The minimum absolute atomic E-state index is 0.325. The molecule has 0 saturated carbocycles. The standard InChI is InChI=1S/C17H13BrCl2O3/c1-22-17(21)7-3-11-2-6-16(14(18)8-11)23-10-12-4-5-13(19)9-15(12)20/h2-9H,10H2,1H3/b7-3+. The molecule has 120 valence electrons. The Bertz CT molecular complexity index is 745. The number of methoxy groups -OCH3 is 1. The van der Waals surface area contributed by atoms with Crippen molar-refractivity contribution in [2.75, 3.05) is 7.11 Å². The normalized spacial score (nSPS) is 10.8. The Morgan fingerprint density at radius 1 is 1.22 bits per heavy atom. The van der Waals surface area contributed by atoms with Crippen LogP contribution < -0.4 is 4.74 Å². The van der Waals surface area contributed by atoms with Crippen LogP contribution in [0.2, 0.25) is 10.0 Å². The van der Waals surface area contributed by atoms with Crippen molar-refractivity contribution in [1.82, 2.24) is 0 Å². The number of benzene rings is 2. The summed E-state index contributed by atoms with van der Waals surface area (Å²) in [5.74, 6) is 0.269. The van der Waals surface area contributed by atoms with Gasteiger partial charge in [-0.05, 0) is 51.8 Å². The van der Waals surface area contributed by atoms with Crippen molar-refractivity contribution in [3.63, 3.8) is 0 Å². The van der Waals surface area contributed by atoms with Crippen molar-refractivity contribution < 1.29 is 14.3 Å². The zero-order chi connectivity index (χ0) is 16.8. The van der Waals surface area contributed by atoms with Gasteiger partial charge in [0.15, 0.2) is 0 Å². The first-order valence-corrected chi connectivity index (χ1v) is 8.17. The second-order valence-electron chi connectivity index (χ2n) is 4.57. The fraction of sp³-hybridized carbons (Fsp3) is 0.118. The lowest BCUT2D eigenvalue weighted by Crippen LogP contribution is -1.97. The molecule has 0 N–H and O–H groups in total. The number of halogens is 3. The fourth-order valence-corrected chi connectivity index (χ4v) is 2.74. The number of rotatable bonds is 5. The highest BCUT2D eigenvalue weighted by Crippen LogP contribution is 2.29. The quantitative estimate of drug-likeness (QED) is 0.476. The first-order chi connectivity index (χ1) is 11.0. The number of carbonyl (C=O) groups is 1.